The van der Waals surface area contributed by atoms with E-state index in [0.717, 1.165) is 38.5 Å². The molecule has 1 aromatic carbocycles. The summed E-state index contributed by atoms with van der Waals surface area (Å²) in [6.45, 7) is 1.62. The molecule has 4 N–H and O–H groups in total. The number of carbonyl (C=O) groups is 4. The van der Waals surface area contributed by atoms with Gasteiger partial charge in [-0.2, -0.15) is 0 Å². The third-order valence-corrected chi connectivity index (χ3v) is 9.71. The fraction of sp³-hybridized carbons (Fsp3) is 0.632. The van der Waals surface area contributed by atoms with E-state index in [-0.39, 0.29) is 94.6 Å². The lowest BCUT2D eigenvalue weighted by Gasteiger charge is -2.09. The fourth-order valence-corrected chi connectivity index (χ4v) is 6.33. The third-order valence-electron chi connectivity index (χ3n) is 8.08. The zero-order chi connectivity index (χ0) is 40.7. The Balaban J connectivity index is 1.50. The fourth-order valence-electron chi connectivity index (χ4n) is 5.12. The van der Waals surface area contributed by atoms with Gasteiger partial charge in [0.1, 0.15) is 30.5 Å². The number of nitrogens with zero attached hydrogens (tertiary/aromatic N) is 2. The Morgan fingerprint density at radius 1 is 0.589 bits per heavy atom. The van der Waals surface area contributed by atoms with Crippen molar-refractivity contribution in [1.82, 2.24) is 20.6 Å². The number of aromatic nitrogens is 2. The van der Waals surface area contributed by atoms with Crippen molar-refractivity contribution in [2.45, 2.75) is 87.7 Å². The van der Waals surface area contributed by atoms with Crippen molar-refractivity contribution >= 4 is 33.6 Å². The lowest BCUT2D eigenvalue weighted by Crippen LogP contribution is -2.31. The predicted molar refractivity (Wildman–Crippen MR) is 204 cm³/mol. The third kappa shape index (κ3) is 24.3. The molecule has 18 heteroatoms. The molecule has 314 valence electrons. The van der Waals surface area contributed by atoms with Gasteiger partial charge in [-0.15, -0.1) is 0 Å². The number of carbonyl (C=O) groups excluding carboxylic acids is 2. The second kappa shape index (κ2) is 30.0. The highest BCUT2D eigenvalue weighted by atomic mass is 32.2. The maximum atomic E-state index is 13.0. The van der Waals surface area contributed by atoms with Crippen LogP contribution in [0.4, 0.5) is 0 Å². The molecule has 0 bridgehead atoms. The van der Waals surface area contributed by atoms with Crippen LogP contribution in [0, 0.1) is 0 Å². The van der Waals surface area contributed by atoms with Gasteiger partial charge >= 0.3 is 11.9 Å². The van der Waals surface area contributed by atoms with Crippen molar-refractivity contribution < 1.29 is 61.5 Å². The molecule has 17 nitrogen and oxygen atoms in total. The van der Waals surface area contributed by atoms with Crippen molar-refractivity contribution in [3.63, 3.8) is 0 Å². The zero-order valence-electron chi connectivity index (χ0n) is 32.1. The SMILES string of the molecule is O=C(O)CCCCCCCCCCCCCOc1ccc(S(=O)(=O)Cc2ncc(C(=O)NCCOCCOCC(=O)NCCOCCOCC(=O)O)cn2)cc1. The summed E-state index contributed by atoms with van der Waals surface area (Å²) in [7, 11) is -3.73. The maximum absolute atomic E-state index is 13.0. The molecule has 2 amide bonds. The second-order valence-electron chi connectivity index (χ2n) is 12.8. The van der Waals surface area contributed by atoms with E-state index in [2.05, 4.69) is 20.6 Å². The number of rotatable bonds is 35. The first-order valence-electron chi connectivity index (χ1n) is 19.1. The summed E-state index contributed by atoms with van der Waals surface area (Å²) in [5.74, 6) is -2.32. The van der Waals surface area contributed by atoms with Gasteiger partial charge in [0.25, 0.3) is 5.91 Å². The Labute approximate surface area is 329 Å². The van der Waals surface area contributed by atoms with E-state index < -0.39 is 33.4 Å². The van der Waals surface area contributed by atoms with E-state index in [9.17, 15) is 27.6 Å². The Morgan fingerprint density at radius 2 is 1.11 bits per heavy atom. The highest BCUT2D eigenvalue weighted by Gasteiger charge is 2.18. The average molecular weight is 811 g/mol. The number of benzene rings is 1. The molecule has 56 heavy (non-hydrogen) atoms. The van der Waals surface area contributed by atoms with Crippen LogP contribution < -0.4 is 15.4 Å². The van der Waals surface area contributed by atoms with Gasteiger partial charge in [0.2, 0.25) is 5.91 Å². The van der Waals surface area contributed by atoms with E-state index >= 15 is 0 Å². The number of aliphatic carboxylic acids is 2. The monoisotopic (exact) mass is 810 g/mol. The van der Waals surface area contributed by atoms with Gasteiger partial charge < -0.3 is 44.5 Å². The molecule has 2 aromatic rings. The predicted octanol–water partition coefficient (Wildman–Crippen LogP) is 3.59. The van der Waals surface area contributed by atoms with E-state index in [1.165, 1.54) is 56.6 Å². The first-order chi connectivity index (χ1) is 27.1. The number of nitrogens with one attached hydrogen (secondary N) is 2. The number of amides is 2. The summed E-state index contributed by atoms with van der Waals surface area (Å²) in [6, 6.07) is 6.26. The van der Waals surface area contributed by atoms with E-state index in [0.29, 0.717) is 12.4 Å². The lowest BCUT2D eigenvalue weighted by molar-refractivity contribution is -0.143. The van der Waals surface area contributed by atoms with Crippen LogP contribution in [0.3, 0.4) is 0 Å². The molecule has 0 saturated heterocycles. The Hall–Kier alpha value is -4.23. The standard InChI is InChI=1S/C38H58N4O13S/c43-35(39-17-20-51-23-25-54-29-37(46)47)28-53-24-22-52-21-18-40-38(48)31-26-41-34(42-27-31)30-56(49,50)33-15-13-32(14-16-33)55-19-11-9-7-5-3-1-2-4-6-8-10-12-36(44)45/h13-16,26-27H,1-12,17-25,28-30H2,(H,39,43)(H,40,48)(H,44,45)(H,46,47). The highest BCUT2D eigenvalue weighted by Crippen LogP contribution is 2.20. The molecule has 0 atom stereocenters. The Kier molecular flexibility index (Phi) is 25.7. The molecule has 0 fully saturated rings. The summed E-state index contributed by atoms with van der Waals surface area (Å²) in [5, 5.41) is 22.4. The number of ether oxygens (including phenoxy) is 5. The molecule has 0 saturated carbocycles. The minimum Gasteiger partial charge on any atom is -0.494 e. The topological polar surface area (TPSA) is 239 Å². The van der Waals surface area contributed by atoms with Crippen LogP contribution in [-0.4, -0.2) is 125 Å². The molecular formula is C38H58N4O13S. The number of unbranched alkanes of at least 4 members (excludes halogenated alkanes) is 10. The van der Waals surface area contributed by atoms with Crippen LogP contribution >= 0.6 is 0 Å². The number of sulfone groups is 1. The van der Waals surface area contributed by atoms with Crippen LogP contribution in [0.2, 0.25) is 0 Å². The van der Waals surface area contributed by atoms with Crippen LogP contribution in [0.1, 0.15) is 93.2 Å². The molecule has 1 aromatic heterocycles. The molecule has 0 unspecified atom stereocenters. The Bertz CT molecular complexity index is 1510. The van der Waals surface area contributed by atoms with Gasteiger partial charge in [0.05, 0.1) is 56.7 Å². The first kappa shape index (κ1) is 47.9. The molecule has 1 heterocycles. The number of carboxylic acids is 2. The molecule has 0 spiro atoms. The van der Waals surface area contributed by atoms with Crippen LogP contribution in [0.15, 0.2) is 41.6 Å². The van der Waals surface area contributed by atoms with Crippen molar-refractivity contribution in [3.05, 3.63) is 48.0 Å². The zero-order valence-corrected chi connectivity index (χ0v) is 32.9. The van der Waals surface area contributed by atoms with E-state index in [1.807, 2.05) is 0 Å². The molecule has 0 radical (unpaired) electrons. The number of carboxylic acid groups (broad SMARTS) is 2. The minimum absolute atomic E-state index is 0.0558. The van der Waals surface area contributed by atoms with Crippen molar-refractivity contribution in [2.75, 3.05) is 72.6 Å². The van der Waals surface area contributed by atoms with Gasteiger partial charge in [-0.25, -0.2) is 23.2 Å². The van der Waals surface area contributed by atoms with Gasteiger partial charge in [0, 0.05) is 31.9 Å². The highest BCUT2D eigenvalue weighted by molar-refractivity contribution is 7.90. The lowest BCUT2D eigenvalue weighted by atomic mass is 10.1. The smallest absolute Gasteiger partial charge is 0.329 e. The minimum atomic E-state index is -3.73. The summed E-state index contributed by atoms with van der Waals surface area (Å²) >= 11 is 0. The van der Waals surface area contributed by atoms with E-state index in [4.69, 9.17) is 33.9 Å². The van der Waals surface area contributed by atoms with Crippen LogP contribution in [0.5, 0.6) is 5.75 Å². The normalized spacial score (nSPS) is 11.3. The van der Waals surface area contributed by atoms with Gasteiger partial charge in [-0.05, 0) is 37.1 Å². The molecule has 2 rings (SSSR count). The van der Waals surface area contributed by atoms with Crippen LogP contribution in [0.25, 0.3) is 0 Å². The first-order valence-corrected chi connectivity index (χ1v) is 20.8. The molecule has 0 aliphatic carbocycles. The second-order valence-corrected chi connectivity index (χ2v) is 14.8. The maximum Gasteiger partial charge on any atom is 0.329 e. The van der Waals surface area contributed by atoms with Gasteiger partial charge in [-0.3, -0.25) is 14.4 Å². The summed E-state index contributed by atoms with van der Waals surface area (Å²) < 4.78 is 52.4. The molecule has 0 aliphatic heterocycles. The summed E-state index contributed by atoms with van der Waals surface area (Å²) in [6.07, 6.45) is 14.8. The summed E-state index contributed by atoms with van der Waals surface area (Å²) in [5.41, 5.74) is 0.164. The van der Waals surface area contributed by atoms with Gasteiger partial charge in [0.15, 0.2) is 9.84 Å². The number of hydrogen-bond acceptors (Lipinski definition) is 13. The van der Waals surface area contributed by atoms with Crippen molar-refractivity contribution in [2.24, 2.45) is 0 Å². The average Bonchev–Trinajstić information content (AvgIpc) is 3.17. The Morgan fingerprint density at radius 3 is 1.68 bits per heavy atom. The van der Waals surface area contributed by atoms with Crippen molar-refractivity contribution in [3.8, 4) is 5.75 Å². The van der Waals surface area contributed by atoms with Gasteiger partial charge in [-0.1, -0.05) is 57.8 Å². The number of hydrogen-bond donors (Lipinski definition) is 4. The van der Waals surface area contributed by atoms with Crippen LogP contribution in [-0.2, 0) is 48.9 Å². The molecular weight excluding hydrogens is 752 g/mol. The summed E-state index contributed by atoms with van der Waals surface area (Å²) in [4.78, 5) is 53.3. The van der Waals surface area contributed by atoms with E-state index in [1.54, 1.807) is 12.1 Å². The van der Waals surface area contributed by atoms with Crippen molar-refractivity contribution in [1.29, 1.82) is 0 Å². The largest absolute Gasteiger partial charge is 0.494 e. The molecule has 0 aliphatic rings. The quantitative estimate of drug-likeness (QED) is 0.0728.